The predicted octanol–water partition coefficient (Wildman–Crippen LogP) is 9.12. The molecular formula is C36H35Cl2NO4. The molecule has 0 aromatic heterocycles. The van der Waals surface area contributed by atoms with E-state index in [4.69, 9.17) is 42.1 Å². The van der Waals surface area contributed by atoms with Gasteiger partial charge < -0.3 is 18.9 Å². The molecule has 3 atom stereocenters. The van der Waals surface area contributed by atoms with E-state index in [-0.39, 0.29) is 18.2 Å². The highest BCUT2D eigenvalue weighted by Gasteiger charge is 2.35. The zero-order valence-corrected chi connectivity index (χ0v) is 25.9. The molecule has 2 heterocycles. The van der Waals surface area contributed by atoms with Crippen LogP contribution in [0, 0.1) is 0 Å². The van der Waals surface area contributed by atoms with Crippen LogP contribution in [0.25, 0.3) is 0 Å². The van der Waals surface area contributed by atoms with Crippen LogP contribution in [0.4, 0.5) is 0 Å². The molecule has 0 radical (unpaired) electrons. The number of halogens is 2. The van der Waals surface area contributed by atoms with Gasteiger partial charge in [-0.2, -0.15) is 0 Å². The van der Waals surface area contributed by atoms with Crippen LogP contribution in [-0.2, 0) is 24.3 Å². The molecule has 0 fully saturated rings. The summed E-state index contributed by atoms with van der Waals surface area (Å²) < 4.78 is 24.6. The summed E-state index contributed by atoms with van der Waals surface area (Å²) in [6.45, 7) is 8.05. The summed E-state index contributed by atoms with van der Waals surface area (Å²) >= 11 is 12.2. The van der Waals surface area contributed by atoms with Crippen molar-refractivity contribution in [2.24, 2.45) is 0 Å². The highest BCUT2D eigenvalue weighted by molar-refractivity contribution is 6.42. The van der Waals surface area contributed by atoms with Crippen molar-refractivity contribution in [2.45, 2.75) is 51.1 Å². The maximum atomic E-state index is 6.56. The van der Waals surface area contributed by atoms with Crippen LogP contribution >= 0.6 is 23.2 Å². The Balaban J connectivity index is 1.21. The van der Waals surface area contributed by atoms with Crippen LogP contribution in [0.1, 0.15) is 53.3 Å². The Hall–Kier alpha value is -3.64. The molecule has 0 amide bonds. The van der Waals surface area contributed by atoms with Gasteiger partial charge in [0.1, 0.15) is 24.7 Å². The third-order valence-corrected chi connectivity index (χ3v) is 9.06. The predicted molar refractivity (Wildman–Crippen MR) is 171 cm³/mol. The summed E-state index contributed by atoms with van der Waals surface area (Å²) in [4.78, 5) is 2.51. The van der Waals surface area contributed by atoms with Crippen LogP contribution in [0.15, 0.2) is 97.3 Å². The van der Waals surface area contributed by atoms with Crippen LogP contribution in [0.3, 0.4) is 0 Å². The molecular weight excluding hydrogens is 581 g/mol. The van der Waals surface area contributed by atoms with E-state index in [1.807, 2.05) is 36.4 Å². The summed E-state index contributed by atoms with van der Waals surface area (Å²) in [5.74, 6) is 3.05. The Bertz CT molecular complexity index is 1610. The van der Waals surface area contributed by atoms with Crippen LogP contribution in [0.2, 0.25) is 10.0 Å². The lowest BCUT2D eigenvalue weighted by Crippen LogP contribution is -2.44. The Morgan fingerprint density at radius 1 is 0.953 bits per heavy atom. The molecule has 5 nitrogen and oxygen atoms in total. The lowest BCUT2D eigenvalue weighted by molar-refractivity contribution is 0.0812. The van der Waals surface area contributed by atoms with E-state index < -0.39 is 0 Å². The van der Waals surface area contributed by atoms with E-state index in [0.717, 1.165) is 53.5 Å². The number of rotatable bonds is 9. The Morgan fingerprint density at radius 3 is 2.53 bits per heavy atom. The summed E-state index contributed by atoms with van der Waals surface area (Å²) in [5.41, 5.74) is 5.69. The summed E-state index contributed by atoms with van der Waals surface area (Å²) in [6, 6.07) is 28.7. The van der Waals surface area contributed by atoms with E-state index in [1.165, 1.54) is 16.7 Å². The molecule has 0 aliphatic carbocycles. The molecule has 2 aliphatic heterocycles. The third-order valence-electron chi connectivity index (χ3n) is 8.32. The van der Waals surface area contributed by atoms with Crippen LogP contribution in [-0.4, -0.2) is 24.7 Å². The molecule has 4 aromatic rings. The van der Waals surface area contributed by atoms with Gasteiger partial charge in [-0.15, -0.1) is 0 Å². The smallest absolute Gasteiger partial charge is 0.162 e. The van der Waals surface area contributed by atoms with Crippen molar-refractivity contribution in [3.05, 3.63) is 135 Å². The van der Waals surface area contributed by atoms with Crippen molar-refractivity contribution in [3.8, 4) is 17.2 Å². The summed E-state index contributed by atoms with van der Waals surface area (Å²) in [6.07, 6.45) is 1.51. The van der Waals surface area contributed by atoms with Gasteiger partial charge in [-0.1, -0.05) is 85.2 Å². The number of hydrogen-bond donors (Lipinski definition) is 0. The first kappa shape index (κ1) is 29.4. The van der Waals surface area contributed by atoms with Crippen molar-refractivity contribution in [3.63, 3.8) is 0 Å². The van der Waals surface area contributed by atoms with Crippen LogP contribution < -0.4 is 14.2 Å². The van der Waals surface area contributed by atoms with E-state index in [9.17, 15) is 0 Å². The largest absolute Gasteiger partial charge is 0.500 e. The maximum Gasteiger partial charge on any atom is 0.162 e. The Kier molecular flexibility index (Phi) is 8.85. The van der Waals surface area contributed by atoms with Gasteiger partial charge in [0.15, 0.2) is 17.6 Å². The Morgan fingerprint density at radius 2 is 1.77 bits per heavy atom. The van der Waals surface area contributed by atoms with Gasteiger partial charge in [0, 0.05) is 12.6 Å². The average Bonchev–Trinajstić information content (AvgIpc) is 3.04. The first-order valence-electron chi connectivity index (χ1n) is 14.6. The first-order valence-corrected chi connectivity index (χ1v) is 15.3. The lowest BCUT2D eigenvalue weighted by atomic mass is 9.89. The number of hydrogen-bond acceptors (Lipinski definition) is 5. The third kappa shape index (κ3) is 6.35. The summed E-state index contributed by atoms with van der Waals surface area (Å²) in [7, 11) is 1.71. The second-order valence-corrected chi connectivity index (χ2v) is 11.8. The van der Waals surface area contributed by atoms with Crippen molar-refractivity contribution in [1.82, 2.24) is 4.90 Å². The van der Waals surface area contributed by atoms with Crippen molar-refractivity contribution in [1.29, 1.82) is 0 Å². The van der Waals surface area contributed by atoms with Crippen molar-refractivity contribution in [2.75, 3.05) is 13.7 Å². The monoisotopic (exact) mass is 615 g/mol. The van der Waals surface area contributed by atoms with Crippen LogP contribution in [0.5, 0.6) is 17.2 Å². The molecule has 43 heavy (non-hydrogen) atoms. The zero-order valence-electron chi connectivity index (χ0n) is 24.4. The van der Waals surface area contributed by atoms with Gasteiger partial charge in [0.05, 0.1) is 23.2 Å². The minimum atomic E-state index is -0.257. The topological polar surface area (TPSA) is 40.2 Å². The normalized spacial score (nSPS) is 18.4. The standard InChI is InChI=1S/C36H35Cl2NO4/c1-4-32(25-9-6-5-7-10-25)39-20-28-19-35-34(18-27(28)17-33(39)23(2)40-3)42-22-36(43-35)26-11-8-12-29(16-26)41-21-24-13-14-30(37)31(38)15-24/h5-16,18-19,32-33,36H,2,4,17,20-22H2,1,3H3. The van der Waals surface area contributed by atoms with Gasteiger partial charge in [-0.05, 0) is 77.1 Å². The van der Waals surface area contributed by atoms with Gasteiger partial charge in [0.25, 0.3) is 0 Å². The number of benzene rings is 4. The lowest BCUT2D eigenvalue weighted by Gasteiger charge is -2.42. The molecule has 2 aliphatic rings. The highest BCUT2D eigenvalue weighted by atomic mass is 35.5. The fourth-order valence-electron chi connectivity index (χ4n) is 6.04. The molecule has 0 saturated carbocycles. The second kappa shape index (κ2) is 12.9. The van der Waals surface area contributed by atoms with E-state index in [0.29, 0.717) is 23.3 Å². The van der Waals surface area contributed by atoms with Gasteiger partial charge in [0.2, 0.25) is 0 Å². The van der Waals surface area contributed by atoms with Gasteiger partial charge in [-0.3, -0.25) is 4.90 Å². The molecule has 222 valence electrons. The van der Waals surface area contributed by atoms with E-state index >= 15 is 0 Å². The second-order valence-electron chi connectivity index (χ2n) is 11.0. The molecule has 7 heteroatoms. The SMILES string of the molecule is C=C(OC)C1Cc2cc3c(cc2CN1C(CC)c1ccccc1)OC(c1cccc(OCc2ccc(Cl)c(Cl)c2)c1)CO3. The zero-order chi connectivity index (χ0) is 29.9. The quantitative estimate of drug-likeness (QED) is 0.176. The Labute approximate surface area is 263 Å². The molecule has 4 aromatic carbocycles. The highest BCUT2D eigenvalue weighted by Crippen LogP contribution is 2.43. The number of ether oxygens (including phenoxy) is 4. The molecule has 0 spiro atoms. The number of fused-ring (bicyclic) bond motifs is 2. The molecule has 0 N–H and O–H groups in total. The minimum absolute atomic E-state index is 0.0598. The first-order chi connectivity index (χ1) is 20.9. The molecule has 0 saturated heterocycles. The molecule has 0 bridgehead atoms. The number of nitrogens with zero attached hydrogens (tertiary/aromatic N) is 1. The summed E-state index contributed by atoms with van der Waals surface area (Å²) in [5, 5.41) is 1.04. The maximum absolute atomic E-state index is 6.56. The molecule has 3 unspecified atom stereocenters. The van der Waals surface area contributed by atoms with Gasteiger partial charge in [-0.25, -0.2) is 0 Å². The van der Waals surface area contributed by atoms with Crippen molar-refractivity contribution < 1.29 is 18.9 Å². The van der Waals surface area contributed by atoms with E-state index in [1.54, 1.807) is 13.2 Å². The number of methoxy groups -OCH3 is 1. The van der Waals surface area contributed by atoms with Crippen molar-refractivity contribution >= 4 is 23.2 Å². The minimum Gasteiger partial charge on any atom is -0.500 e. The average molecular weight is 617 g/mol. The van der Waals surface area contributed by atoms with E-state index in [2.05, 4.69) is 60.9 Å². The molecule has 6 rings (SSSR count). The fraction of sp³-hybridized carbons (Fsp3) is 0.278. The van der Waals surface area contributed by atoms with Gasteiger partial charge >= 0.3 is 0 Å². The fourth-order valence-corrected chi connectivity index (χ4v) is 6.36.